The molecule has 74 valence electrons. The number of allylic oxidation sites excluding steroid dienone is 3. The van der Waals surface area contributed by atoms with E-state index in [2.05, 4.69) is 19.1 Å². The Morgan fingerprint density at radius 2 is 1.86 bits per heavy atom. The molecule has 0 heterocycles. The largest absolute Gasteiger partial charge is 0.497 e. The quantitative estimate of drug-likeness (QED) is 0.657. The van der Waals surface area contributed by atoms with Gasteiger partial charge in [-0.2, -0.15) is 0 Å². The number of methoxy groups -OCH3 is 1. The number of hydrogen-bond acceptors (Lipinski definition) is 1. The second kappa shape index (κ2) is 5.28. The van der Waals surface area contributed by atoms with Crippen molar-refractivity contribution in [3.63, 3.8) is 0 Å². The van der Waals surface area contributed by atoms with Crippen molar-refractivity contribution < 1.29 is 4.74 Å². The maximum absolute atomic E-state index is 5.09. The van der Waals surface area contributed by atoms with Gasteiger partial charge >= 0.3 is 0 Å². The molecule has 0 radical (unpaired) electrons. The van der Waals surface area contributed by atoms with Crippen molar-refractivity contribution in [1.29, 1.82) is 0 Å². The molecule has 0 aliphatic heterocycles. The maximum atomic E-state index is 5.09. The van der Waals surface area contributed by atoms with Gasteiger partial charge in [0.1, 0.15) is 5.75 Å². The van der Waals surface area contributed by atoms with Crippen molar-refractivity contribution in [1.82, 2.24) is 0 Å². The lowest BCUT2D eigenvalue weighted by molar-refractivity contribution is 0.415. The van der Waals surface area contributed by atoms with Crippen LogP contribution < -0.4 is 4.74 Å². The third kappa shape index (κ3) is 3.09. The molecule has 0 unspecified atom stereocenters. The molecule has 0 bridgehead atoms. The van der Waals surface area contributed by atoms with Crippen molar-refractivity contribution in [2.75, 3.05) is 7.11 Å². The summed E-state index contributed by atoms with van der Waals surface area (Å²) in [4.78, 5) is 0. The van der Waals surface area contributed by atoms with Crippen LogP contribution in [0, 0.1) is 0 Å². The Labute approximate surface area is 85.7 Å². The van der Waals surface area contributed by atoms with Crippen LogP contribution in [0.3, 0.4) is 0 Å². The third-order valence-electron chi connectivity index (χ3n) is 1.94. The number of rotatable bonds is 3. The van der Waals surface area contributed by atoms with E-state index in [0.29, 0.717) is 0 Å². The van der Waals surface area contributed by atoms with Gasteiger partial charge < -0.3 is 4.74 Å². The fraction of sp³-hybridized carbons (Fsp3) is 0.231. The average molecular weight is 188 g/mol. The van der Waals surface area contributed by atoms with Crippen LogP contribution in [0.15, 0.2) is 42.0 Å². The summed E-state index contributed by atoms with van der Waals surface area (Å²) >= 11 is 0. The molecule has 1 heteroatoms. The predicted molar refractivity (Wildman–Crippen MR) is 61.5 cm³/mol. The van der Waals surface area contributed by atoms with Crippen LogP contribution >= 0.6 is 0 Å². The third-order valence-corrected chi connectivity index (χ3v) is 1.94. The van der Waals surface area contributed by atoms with Gasteiger partial charge in [-0.1, -0.05) is 35.9 Å². The van der Waals surface area contributed by atoms with E-state index < -0.39 is 0 Å². The Kier molecular flexibility index (Phi) is 3.99. The van der Waals surface area contributed by atoms with E-state index in [0.717, 1.165) is 5.75 Å². The van der Waals surface area contributed by atoms with Crippen molar-refractivity contribution in [3.8, 4) is 5.75 Å². The van der Waals surface area contributed by atoms with E-state index in [-0.39, 0.29) is 0 Å². The van der Waals surface area contributed by atoms with Crippen LogP contribution in [0.5, 0.6) is 5.75 Å². The van der Waals surface area contributed by atoms with E-state index in [1.807, 2.05) is 37.3 Å². The average Bonchev–Trinajstić information content (AvgIpc) is 2.19. The summed E-state index contributed by atoms with van der Waals surface area (Å²) in [5, 5.41) is 0. The summed E-state index contributed by atoms with van der Waals surface area (Å²) in [6.45, 7) is 4.11. The van der Waals surface area contributed by atoms with Crippen molar-refractivity contribution in [2.45, 2.75) is 13.8 Å². The van der Waals surface area contributed by atoms with Crippen LogP contribution in [0.1, 0.15) is 19.4 Å². The second-order valence-corrected chi connectivity index (χ2v) is 3.16. The van der Waals surface area contributed by atoms with Gasteiger partial charge in [0.15, 0.2) is 0 Å². The lowest BCUT2D eigenvalue weighted by Crippen LogP contribution is -1.81. The molecule has 14 heavy (non-hydrogen) atoms. The normalized spacial score (nSPS) is 12.1. The topological polar surface area (TPSA) is 9.23 Å². The zero-order chi connectivity index (χ0) is 10.4. The molecular weight excluding hydrogens is 172 g/mol. The van der Waals surface area contributed by atoms with Crippen molar-refractivity contribution in [2.24, 2.45) is 0 Å². The molecule has 1 aromatic rings. The standard InChI is InChI=1S/C13H16O/c1-4-5-11(2)10-12-6-8-13(14-3)9-7-12/h4-10H,1-3H3/b5-4+,11-10+. The molecule has 0 spiro atoms. The molecule has 0 saturated carbocycles. The highest BCUT2D eigenvalue weighted by atomic mass is 16.5. The Morgan fingerprint density at radius 1 is 1.21 bits per heavy atom. The Bertz CT molecular complexity index is 331. The summed E-state index contributed by atoms with van der Waals surface area (Å²) in [7, 11) is 1.68. The first kappa shape index (κ1) is 10.6. The van der Waals surface area contributed by atoms with Crippen LogP contribution in [0.25, 0.3) is 6.08 Å². The lowest BCUT2D eigenvalue weighted by Gasteiger charge is -1.99. The van der Waals surface area contributed by atoms with E-state index in [1.165, 1.54) is 11.1 Å². The fourth-order valence-corrected chi connectivity index (χ4v) is 1.27. The molecule has 0 atom stereocenters. The highest BCUT2D eigenvalue weighted by molar-refractivity contribution is 5.55. The Balaban J connectivity index is 2.82. The first-order chi connectivity index (χ1) is 6.76. The van der Waals surface area contributed by atoms with E-state index in [4.69, 9.17) is 4.74 Å². The van der Waals surface area contributed by atoms with Gasteiger partial charge in [-0.25, -0.2) is 0 Å². The molecule has 1 nitrogen and oxygen atoms in total. The van der Waals surface area contributed by atoms with E-state index in [9.17, 15) is 0 Å². The predicted octanol–water partition coefficient (Wildman–Crippen LogP) is 3.67. The fourth-order valence-electron chi connectivity index (χ4n) is 1.27. The Morgan fingerprint density at radius 3 is 2.36 bits per heavy atom. The van der Waals surface area contributed by atoms with Gasteiger partial charge in [-0.15, -0.1) is 0 Å². The lowest BCUT2D eigenvalue weighted by atomic mass is 10.1. The smallest absolute Gasteiger partial charge is 0.118 e. The van der Waals surface area contributed by atoms with Gasteiger partial charge in [0.25, 0.3) is 0 Å². The molecule has 0 amide bonds. The minimum Gasteiger partial charge on any atom is -0.497 e. The number of ether oxygens (including phenoxy) is 1. The molecule has 0 aromatic heterocycles. The molecular formula is C13H16O. The van der Waals surface area contributed by atoms with E-state index in [1.54, 1.807) is 7.11 Å². The number of hydrogen-bond donors (Lipinski definition) is 0. The molecule has 1 rings (SSSR count). The summed E-state index contributed by atoms with van der Waals surface area (Å²) < 4.78 is 5.09. The molecule has 0 fully saturated rings. The SMILES string of the molecule is C/C=C/C(C)=C/c1ccc(OC)cc1. The van der Waals surface area contributed by atoms with Crippen LogP contribution in [-0.4, -0.2) is 7.11 Å². The van der Waals surface area contributed by atoms with Crippen LogP contribution in [0.4, 0.5) is 0 Å². The molecule has 0 N–H and O–H groups in total. The highest BCUT2D eigenvalue weighted by Gasteiger charge is 1.90. The summed E-state index contributed by atoms with van der Waals surface area (Å²) in [6, 6.07) is 8.03. The zero-order valence-corrected chi connectivity index (χ0v) is 8.95. The van der Waals surface area contributed by atoms with Gasteiger partial charge in [0, 0.05) is 0 Å². The summed E-state index contributed by atoms with van der Waals surface area (Å²) in [5.74, 6) is 0.894. The minimum absolute atomic E-state index is 0.894. The molecule has 0 saturated heterocycles. The first-order valence-electron chi connectivity index (χ1n) is 4.71. The first-order valence-corrected chi connectivity index (χ1v) is 4.71. The molecule has 0 aliphatic carbocycles. The van der Waals surface area contributed by atoms with Gasteiger partial charge in [0.2, 0.25) is 0 Å². The van der Waals surface area contributed by atoms with Gasteiger partial charge in [0.05, 0.1) is 7.11 Å². The Hall–Kier alpha value is -1.50. The van der Waals surface area contributed by atoms with Crippen molar-refractivity contribution >= 4 is 6.08 Å². The molecule has 1 aromatic carbocycles. The second-order valence-electron chi connectivity index (χ2n) is 3.16. The number of benzene rings is 1. The van der Waals surface area contributed by atoms with Gasteiger partial charge in [-0.05, 0) is 31.5 Å². The van der Waals surface area contributed by atoms with E-state index >= 15 is 0 Å². The summed E-state index contributed by atoms with van der Waals surface area (Å²) in [5.41, 5.74) is 2.44. The van der Waals surface area contributed by atoms with Crippen molar-refractivity contribution in [3.05, 3.63) is 47.6 Å². The van der Waals surface area contributed by atoms with Crippen LogP contribution in [0.2, 0.25) is 0 Å². The zero-order valence-electron chi connectivity index (χ0n) is 8.95. The minimum atomic E-state index is 0.894. The van der Waals surface area contributed by atoms with Crippen LogP contribution in [-0.2, 0) is 0 Å². The maximum Gasteiger partial charge on any atom is 0.118 e. The molecule has 0 aliphatic rings. The highest BCUT2D eigenvalue weighted by Crippen LogP contribution is 2.14. The van der Waals surface area contributed by atoms with Gasteiger partial charge in [-0.3, -0.25) is 0 Å². The summed E-state index contributed by atoms with van der Waals surface area (Å²) in [6.07, 6.45) is 6.26. The monoisotopic (exact) mass is 188 g/mol.